The van der Waals surface area contributed by atoms with Crippen molar-refractivity contribution >= 4 is 27.8 Å². The van der Waals surface area contributed by atoms with E-state index in [0.717, 1.165) is 0 Å². The van der Waals surface area contributed by atoms with E-state index >= 15 is 0 Å². The number of amides is 1. The highest BCUT2D eigenvalue weighted by Gasteiger charge is 2.19. The molecule has 0 aliphatic heterocycles. The molecule has 0 saturated carbocycles. The van der Waals surface area contributed by atoms with Crippen molar-refractivity contribution in [2.45, 2.75) is 32.9 Å². The van der Waals surface area contributed by atoms with Gasteiger partial charge in [-0.05, 0) is 54.9 Å². The van der Waals surface area contributed by atoms with Gasteiger partial charge in [0, 0.05) is 6.04 Å². The summed E-state index contributed by atoms with van der Waals surface area (Å²) in [6, 6.07) is 4.83. The smallest absolute Gasteiger partial charge is 0.338 e. The lowest BCUT2D eigenvalue weighted by atomic mass is 10.2. The Morgan fingerprint density at radius 3 is 2.40 bits per heavy atom. The summed E-state index contributed by atoms with van der Waals surface area (Å²) in [5.41, 5.74) is 0.349. The van der Waals surface area contributed by atoms with E-state index in [1.54, 1.807) is 18.2 Å². The molecular formula is C14H18BrNO4. The molecule has 0 unspecified atom stereocenters. The van der Waals surface area contributed by atoms with Crippen molar-refractivity contribution in [3.05, 3.63) is 28.2 Å². The molecule has 5 nitrogen and oxygen atoms in total. The number of nitrogens with one attached hydrogen (secondary N) is 1. The third-order valence-electron chi connectivity index (χ3n) is 2.47. The number of esters is 1. The summed E-state index contributed by atoms with van der Waals surface area (Å²) in [5.74, 6) is -0.257. The predicted molar refractivity (Wildman–Crippen MR) is 78.9 cm³/mol. The standard InChI is InChI=1S/C14H18BrNO4/c1-8(2)16-13(17)9(3)20-14(18)10-5-6-12(19-4)11(15)7-10/h5-9H,1-4H3,(H,16,17)/t9-/m0/s1. The normalized spacial score (nSPS) is 11.9. The minimum atomic E-state index is -0.842. The van der Waals surface area contributed by atoms with Crippen LogP contribution in [0.5, 0.6) is 5.75 Å². The monoisotopic (exact) mass is 343 g/mol. The third-order valence-corrected chi connectivity index (χ3v) is 3.09. The summed E-state index contributed by atoms with van der Waals surface area (Å²) in [4.78, 5) is 23.6. The number of hydrogen-bond donors (Lipinski definition) is 1. The quantitative estimate of drug-likeness (QED) is 0.834. The van der Waals surface area contributed by atoms with E-state index in [2.05, 4.69) is 21.2 Å². The Hall–Kier alpha value is -1.56. The molecular weight excluding hydrogens is 326 g/mol. The van der Waals surface area contributed by atoms with Crippen LogP contribution in [-0.4, -0.2) is 31.1 Å². The average Bonchev–Trinajstić information content (AvgIpc) is 2.37. The first-order valence-corrected chi connectivity index (χ1v) is 6.99. The molecule has 0 spiro atoms. The lowest BCUT2D eigenvalue weighted by Crippen LogP contribution is -2.39. The van der Waals surface area contributed by atoms with Gasteiger partial charge in [-0.25, -0.2) is 4.79 Å². The van der Waals surface area contributed by atoms with Gasteiger partial charge in [-0.15, -0.1) is 0 Å². The lowest BCUT2D eigenvalue weighted by Gasteiger charge is -2.15. The fraction of sp³-hybridized carbons (Fsp3) is 0.429. The van der Waals surface area contributed by atoms with Crippen LogP contribution in [0.1, 0.15) is 31.1 Å². The number of hydrogen-bond acceptors (Lipinski definition) is 4. The third kappa shape index (κ3) is 4.52. The van der Waals surface area contributed by atoms with Gasteiger partial charge in [0.05, 0.1) is 17.1 Å². The molecule has 0 heterocycles. The topological polar surface area (TPSA) is 64.6 Å². The Morgan fingerprint density at radius 1 is 1.25 bits per heavy atom. The molecule has 0 saturated heterocycles. The van der Waals surface area contributed by atoms with Crippen LogP contribution in [0.2, 0.25) is 0 Å². The molecule has 0 aliphatic carbocycles. The van der Waals surface area contributed by atoms with Gasteiger partial charge in [-0.1, -0.05) is 0 Å². The van der Waals surface area contributed by atoms with Gasteiger partial charge < -0.3 is 14.8 Å². The number of benzene rings is 1. The maximum Gasteiger partial charge on any atom is 0.338 e. The molecule has 6 heteroatoms. The maximum absolute atomic E-state index is 11.9. The number of rotatable bonds is 5. The highest BCUT2D eigenvalue weighted by Crippen LogP contribution is 2.25. The Balaban J connectivity index is 2.71. The lowest BCUT2D eigenvalue weighted by molar-refractivity contribution is -0.129. The van der Waals surface area contributed by atoms with Crippen LogP contribution in [0.25, 0.3) is 0 Å². The van der Waals surface area contributed by atoms with Gasteiger partial charge in [-0.2, -0.15) is 0 Å². The van der Waals surface area contributed by atoms with Gasteiger partial charge in [0.15, 0.2) is 6.10 Å². The fourth-order valence-electron chi connectivity index (χ4n) is 1.48. The zero-order chi connectivity index (χ0) is 15.3. The van der Waals surface area contributed by atoms with Crippen LogP contribution in [0, 0.1) is 0 Å². The Bertz CT molecular complexity index is 502. The van der Waals surface area contributed by atoms with Crippen molar-refractivity contribution in [2.24, 2.45) is 0 Å². The summed E-state index contributed by atoms with van der Waals surface area (Å²) in [7, 11) is 1.54. The van der Waals surface area contributed by atoms with E-state index in [1.807, 2.05) is 13.8 Å². The van der Waals surface area contributed by atoms with Crippen LogP contribution in [-0.2, 0) is 9.53 Å². The van der Waals surface area contributed by atoms with Crippen molar-refractivity contribution in [3.8, 4) is 5.75 Å². The molecule has 1 aromatic rings. The molecule has 1 N–H and O–H groups in total. The summed E-state index contributed by atoms with van der Waals surface area (Å²) >= 11 is 3.29. The van der Waals surface area contributed by atoms with Crippen LogP contribution >= 0.6 is 15.9 Å². The summed E-state index contributed by atoms with van der Waals surface area (Å²) in [6.45, 7) is 5.22. The van der Waals surface area contributed by atoms with E-state index in [0.29, 0.717) is 15.8 Å². The van der Waals surface area contributed by atoms with E-state index in [1.165, 1.54) is 14.0 Å². The molecule has 20 heavy (non-hydrogen) atoms. The van der Waals surface area contributed by atoms with Crippen LogP contribution in [0.4, 0.5) is 0 Å². The van der Waals surface area contributed by atoms with Crippen molar-refractivity contribution in [2.75, 3.05) is 7.11 Å². The predicted octanol–water partition coefficient (Wildman–Crippen LogP) is 2.53. The van der Waals surface area contributed by atoms with Crippen LogP contribution in [0.3, 0.4) is 0 Å². The molecule has 1 aromatic carbocycles. The first-order chi connectivity index (χ1) is 9.35. The van der Waals surface area contributed by atoms with Crippen molar-refractivity contribution in [3.63, 3.8) is 0 Å². The zero-order valence-corrected chi connectivity index (χ0v) is 13.5. The number of halogens is 1. The van der Waals surface area contributed by atoms with E-state index in [4.69, 9.17) is 9.47 Å². The summed E-state index contributed by atoms with van der Waals surface area (Å²) in [5, 5.41) is 2.68. The van der Waals surface area contributed by atoms with Crippen LogP contribution < -0.4 is 10.1 Å². The summed E-state index contributed by atoms with van der Waals surface area (Å²) in [6.07, 6.45) is -0.842. The SMILES string of the molecule is COc1ccc(C(=O)O[C@@H](C)C(=O)NC(C)C)cc1Br. The fourth-order valence-corrected chi connectivity index (χ4v) is 2.02. The Kier molecular flexibility index (Phi) is 6.01. The molecule has 0 fully saturated rings. The molecule has 0 aliphatic rings. The van der Waals surface area contributed by atoms with Crippen molar-refractivity contribution in [1.82, 2.24) is 5.32 Å². The van der Waals surface area contributed by atoms with E-state index in [9.17, 15) is 9.59 Å². The maximum atomic E-state index is 11.9. The minimum absolute atomic E-state index is 0.00113. The molecule has 1 rings (SSSR count). The second kappa shape index (κ2) is 7.28. The molecule has 110 valence electrons. The number of ether oxygens (including phenoxy) is 2. The molecule has 1 amide bonds. The van der Waals surface area contributed by atoms with Crippen LogP contribution in [0.15, 0.2) is 22.7 Å². The van der Waals surface area contributed by atoms with Gasteiger partial charge in [0.2, 0.25) is 0 Å². The number of carbonyl (C=O) groups is 2. The van der Waals surface area contributed by atoms with Crippen molar-refractivity contribution in [1.29, 1.82) is 0 Å². The van der Waals surface area contributed by atoms with E-state index < -0.39 is 12.1 Å². The van der Waals surface area contributed by atoms with Gasteiger partial charge in [0.1, 0.15) is 5.75 Å². The summed E-state index contributed by atoms with van der Waals surface area (Å²) < 4.78 is 10.8. The van der Waals surface area contributed by atoms with E-state index in [-0.39, 0.29) is 11.9 Å². The molecule has 0 aromatic heterocycles. The highest BCUT2D eigenvalue weighted by molar-refractivity contribution is 9.10. The first-order valence-electron chi connectivity index (χ1n) is 6.20. The Morgan fingerprint density at radius 2 is 1.90 bits per heavy atom. The highest BCUT2D eigenvalue weighted by atomic mass is 79.9. The number of methoxy groups -OCH3 is 1. The zero-order valence-electron chi connectivity index (χ0n) is 11.9. The second-order valence-corrected chi connectivity index (χ2v) is 5.41. The largest absolute Gasteiger partial charge is 0.496 e. The Labute approximate surface area is 126 Å². The van der Waals surface area contributed by atoms with Crippen molar-refractivity contribution < 1.29 is 19.1 Å². The minimum Gasteiger partial charge on any atom is -0.496 e. The average molecular weight is 344 g/mol. The van der Waals surface area contributed by atoms with Gasteiger partial charge >= 0.3 is 5.97 Å². The van der Waals surface area contributed by atoms with Gasteiger partial charge in [0.25, 0.3) is 5.91 Å². The van der Waals surface area contributed by atoms with Gasteiger partial charge in [-0.3, -0.25) is 4.79 Å². The molecule has 0 bridgehead atoms. The number of carbonyl (C=O) groups excluding carboxylic acids is 2. The second-order valence-electron chi connectivity index (χ2n) is 4.56. The first kappa shape index (κ1) is 16.5. The molecule has 0 radical (unpaired) electrons. The molecule has 1 atom stereocenters.